The third-order valence-corrected chi connectivity index (χ3v) is 8.62. The van der Waals surface area contributed by atoms with E-state index in [9.17, 15) is 13.2 Å². The molecule has 0 unspecified atom stereocenters. The Balaban J connectivity index is 1.68. The van der Waals surface area contributed by atoms with E-state index < -0.39 is 11.7 Å². The molecule has 6 heteroatoms. The first-order valence-corrected chi connectivity index (χ1v) is 14.4. The minimum Gasteiger partial charge on any atom is -0.354 e. The van der Waals surface area contributed by atoms with Crippen molar-refractivity contribution in [2.45, 2.75) is 13.1 Å². The van der Waals surface area contributed by atoms with Crippen LogP contribution in [0.4, 0.5) is 13.2 Å². The summed E-state index contributed by atoms with van der Waals surface area (Å²) in [4.78, 5) is 3.74. The summed E-state index contributed by atoms with van der Waals surface area (Å²) >= 11 is 0. The summed E-state index contributed by atoms with van der Waals surface area (Å²) in [5.41, 5.74) is 7.94. The lowest BCUT2D eigenvalue weighted by Crippen LogP contribution is -2.05. The molecule has 0 bridgehead atoms. The van der Waals surface area contributed by atoms with Crippen molar-refractivity contribution >= 4 is 60.6 Å². The van der Waals surface area contributed by atoms with E-state index in [1.165, 1.54) is 0 Å². The van der Waals surface area contributed by atoms with Crippen molar-refractivity contribution in [2.24, 2.45) is 0 Å². The Kier molecular flexibility index (Phi) is 5.65. The first-order chi connectivity index (χ1) is 21.4. The van der Waals surface area contributed by atoms with Gasteiger partial charge in [0.25, 0.3) is 0 Å². The van der Waals surface area contributed by atoms with Gasteiger partial charge in [0.1, 0.15) is 0 Å². The van der Waals surface area contributed by atoms with Crippen LogP contribution < -0.4 is 0 Å². The number of benzene rings is 5. The third kappa shape index (κ3) is 3.64. The first kappa shape index (κ1) is 26.2. The van der Waals surface area contributed by atoms with Gasteiger partial charge in [0.2, 0.25) is 0 Å². The number of nitrogens with one attached hydrogen (secondary N) is 1. The molecule has 0 aliphatic rings. The van der Waals surface area contributed by atoms with Crippen molar-refractivity contribution < 1.29 is 13.2 Å². The van der Waals surface area contributed by atoms with Crippen molar-refractivity contribution in [3.05, 3.63) is 139 Å². The van der Waals surface area contributed by atoms with Crippen LogP contribution in [-0.2, 0) is 6.18 Å². The molecule has 0 aliphatic heterocycles. The van der Waals surface area contributed by atoms with E-state index in [-0.39, 0.29) is 0 Å². The highest BCUT2D eigenvalue weighted by atomic mass is 19.4. The number of aromatic amines is 1. The van der Waals surface area contributed by atoms with Gasteiger partial charge in [-0.05, 0) is 67.1 Å². The van der Waals surface area contributed by atoms with Crippen molar-refractivity contribution in [3.63, 3.8) is 0 Å². The van der Waals surface area contributed by atoms with Gasteiger partial charge in [0.05, 0.1) is 27.6 Å². The smallest absolute Gasteiger partial charge is 0.354 e. The molecule has 0 saturated heterocycles. The summed E-state index contributed by atoms with van der Waals surface area (Å²) in [7, 11) is 0. The molecule has 0 atom stereocenters. The summed E-state index contributed by atoms with van der Waals surface area (Å²) in [5.74, 6) is 0. The molecule has 0 aliphatic carbocycles. The van der Waals surface area contributed by atoms with Crippen molar-refractivity contribution in [3.8, 4) is 11.4 Å². The monoisotopic (exact) mass is 581 g/mol. The topological polar surface area (TPSA) is 25.6 Å². The molecule has 3 nitrogen and oxygen atoms in total. The molecule has 5 aromatic carbocycles. The van der Waals surface area contributed by atoms with Crippen LogP contribution in [0.3, 0.4) is 0 Å². The molecule has 0 amide bonds. The van der Waals surface area contributed by atoms with Crippen molar-refractivity contribution in [1.82, 2.24) is 14.1 Å². The predicted molar refractivity (Wildman–Crippen MR) is 176 cm³/mol. The minimum atomic E-state index is -4.42. The highest BCUT2D eigenvalue weighted by Gasteiger charge is 2.31. The molecule has 0 fully saturated rings. The number of aromatic nitrogens is 3. The van der Waals surface area contributed by atoms with Gasteiger partial charge in [-0.3, -0.25) is 0 Å². The zero-order valence-electron chi connectivity index (χ0n) is 23.8. The minimum absolute atomic E-state index is 0.646. The number of alkyl halides is 3. The lowest BCUT2D eigenvalue weighted by Gasteiger charge is -2.13. The van der Waals surface area contributed by atoms with Crippen LogP contribution in [0.1, 0.15) is 16.8 Å². The lowest BCUT2D eigenvalue weighted by atomic mass is 10.0. The van der Waals surface area contributed by atoms with Crippen LogP contribution in [0.5, 0.6) is 0 Å². The Morgan fingerprint density at radius 2 is 1.30 bits per heavy atom. The molecule has 8 rings (SSSR count). The Morgan fingerprint density at radius 1 is 0.682 bits per heavy atom. The van der Waals surface area contributed by atoms with Gasteiger partial charge in [0, 0.05) is 49.5 Å². The number of aryl methyl sites for hydroxylation is 1. The van der Waals surface area contributed by atoms with Gasteiger partial charge in [-0.2, -0.15) is 13.2 Å². The molecule has 8 aromatic rings. The van der Waals surface area contributed by atoms with Gasteiger partial charge in [-0.15, -0.1) is 0 Å². The number of para-hydroxylation sites is 3. The number of halogens is 3. The molecule has 3 heterocycles. The van der Waals surface area contributed by atoms with Crippen LogP contribution in [0, 0.1) is 6.92 Å². The van der Waals surface area contributed by atoms with Gasteiger partial charge in [-0.25, -0.2) is 0 Å². The molecule has 0 spiro atoms. The Bertz CT molecular complexity index is 2430. The van der Waals surface area contributed by atoms with Gasteiger partial charge >= 0.3 is 6.18 Å². The van der Waals surface area contributed by atoms with Crippen LogP contribution in [0.15, 0.2) is 122 Å². The molecule has 44 heavy (non-hydrogen) atoms. The Labute approximate surface area is 250 Å². The normalized spacial score (nSPS) is 12.5. The molecule has 1 N–H and O–H groups in total. The van der Waals surface area contributed by atoms with E-state index in [0.29, 0.717) is 5.69 Å². The van der Waals surface area contributed by atoms with Crippen LogP contribution in [0.25, 0.3) is 72.0 Å². The zero-order chi connectivity index (χ0) is 30.2. The third-order valence-electron chi connectivity index (χ3n) is 8.62. The summed E-state index contributed by atoms with van der Waals surface area (Å²) in [5, 5.41) is 5.35. The number of rotatable bonds is 4. The lowest BCUT2D eigenvalue weighted by molar-refractivity contribution is -0.137. The van der Waals surface area contributed by atoms with E-state index in [1.807, 2.05) is 42.5 Å². The van der Waals surface area contributed by atoms with Gasteiger partial charge < -0.3 is 14.1 Å². The van der Waals surface area contributed by atoms with Crippen LogP contribution in [-0.4, -0.2) is 14.1 Å². The summed E-state index contributed by atoms with van der Waals surface area (Å²) in [6.45, 7) is 5.98. The molecular formula is C38H26F3N3. The summed E-state index contributed by atoms with van der Waals surface area (Å²) < 4.78 is 45.2. The fourth-order valence-electron chi connectivity index (χ4n) is 6.81. The predicted octanol–water partition coefficient (Wildman–Crippen LogP) is 10.9. The van der Waals surface area contributed by atoms with Crippen molar-refractivity contribution in [1.29, 1.82) is 0 Å². The second kappa shape index (κ2) is 9.51. The average molecular weight is 582 g/mol. The van der Waals surface area contributed by atoms with E-state index in [0.717, 1.165) is 83.6 Å². The Morgan fingerprint density at radius 3 is 2.02 bits per heavy atom. The second-order valence-corrected chi connectivity index (χ2v) is 11.0. The van der Waals surface area contributed by atoms with E-state index in [1.54, 1.807) is 18.2 Å². The van der Waals surface area contributed by atoms with Crippen LogP contribution in [0.2, 0.25) is 0 Å². The highest BCUT2D eigenvalue weighted by Crippen LogP contribution is 2.48. The summed E-state index contributed by atoms with van der Waals surface area (Å²) in [6.07, 6.45) is 1.15. The number of H-pyrrole nitrogens is 1. The second-order valence-electron chi connectivity index (χ2n) is 11.0. The van der Waals surface area contributed by atoms with Gasteiger partial charge in [0.15, 0.2) is 0 Å². The Hall–Kier alpha value is -5.49. The number of nitrogens with zero attached hydrogens (tertiary/aromatic N) is 2. The molecule has 214 valence electrons. The van der Waals surface area contributed by atoms with E-state index in [4.69, 9.17) is 0 Å². The maximum atomic E-state index is 13.6. The van der Waals surface area contributed by atoms with Crippen LogP contribution >= 0.6 is 0 Å². The molecule has 0 radical (unpaired) electrons. The summed E-state index contributed by atoms with van der Waals surface area (Å²) in [6, 6.07) is 32.4. The quantitative estimate of drug-likeness (QED) is 0.200. The maximum Gasteiger partial charge on any atom is 0.416 e. The maximum absolute atomic E-state index is 13.6. The highest BCUT2D eigenvalue weighted by molar-refractivity contribution is 6.36. The largest absolute Gasteiger partial charge is 0.416 e. The number of hydrogen-bond acceptors (Lipinski definition) is 0. The fraction of sp³-hybridized carbons (Fsp3) is 0.0526. The molecule has 3 aromatic heterocycles. The molecule has 0 saturated carbocycles. The van der Waals surface area contributed by atoms with Crippen molar-refractivity contribution in [2.75, 3.05) is 0 Å². The van der Waals surface area contributed by atoms with E-state index >= 15 is 0 Å². The average Bonchev–Trinajstić information content (AvgIpc) is 3.67. The van der Waals surface area contributed by atoms with Gasteiger partial charge in [-0.1, -0.05) is 73.3 Å². The standard InChI is InChI=1S/C38H26F3N3/c1-3-4-17-30-23(2)32-36(43(30)26-21-19-24(20-22-26)38(39,40)41)33-27-14-8-10-16-29(27)42-35(33)34-28-15-9-11-18-31(28)44(37(32)34)25-12-6-5-7-13-25/h3-22,42H,1H2,2H3/b17-4-. The number of fused-ring (bicyclic) bond motifs is 10. The fourth-order valence-corrected chi connectivity index (χ4v) is 6.81. The molecular weight excluding hydrogens is 555 g/mol. The number of hydrogen-bond donors (Lipinski definition) is 1. The zero-order valence-corrected chi connectivity index (χ0v) is 23.8. The van der Waals surface area contributed by atoms with E-state index in [2.05, 4.69) is 76.2 Å². The number of allylic oxidation sites excluding steroid dienone is 2. The first-order valence-electron chi connectivity index (χ1n) is 14.4. The SMILES string of the molecule is C=C/C=C\c1c(C)c2c(c3c4ccccc4[nH]c3c3c4ccccc4n(-c4ccccc4)c23)n1-c1ccc(C(F)(F)F)cc1.